The van der Waals surface area contributed by atoms with Crippen molar-refractivity contribution >= 4 is 17.7 Å². The van der Waals surface area contributed by atoms with Crippen LogP contribution >= 0.6 is 11.6 Å². The monoisotopic (exact) mass is 472 g/mol. The normalized spacial score (nSPS) is 13.2. The predicted molar refractivity (Wildman–Crippen MR) is 126 cm³/mol. The van der Waals surface area contributed by atoms with Crippen LogP contribution in [0.15, 0.2) is 67.3 Å². The fraction of sp³-hybridized carbons (Fsp3) is 0.375. The smallest absolute Gasteiger partial charge is 0.409 e. The van der Waals surface area contributed by atoms with Gasteiger partial charge in [0.2, 0.25) is 6.23 Å². The summed E-state index contributed by atoms with van der Waals surface area (Å²) in [5.74, 6) is 0.807. The quantitative estimate of drug-likeness (QED) is 0.243. The number of alkyl halides is 1. The first-order chi connectivity index (χ1) is 15.9. The zero-order valence-electron chi connectivity index (χ0n) is 19.0. The van der Waals surface area contributed by atoms with E-state index in [2.05, 4.69) is 15.4 Å². The summed E-state index contributed by atoms with van der Waals surface area (Å²) in [6, 6.07) is 17.7. The van der Waals surface area contributed by atoms with Crippen LogP contribution in [-0.2, 0) is 9.47 Å². The molecule has 3 aromatic rings. The van der Waals surface area contributed by atoms with E-state index >= 15 is 0 Å². The third-order valence-corrected chi connectivity index (χ3v) is 5.73. The van der Waals surface area contributed by atoms with Crippen molar-refractivity contribution in [1.29, 1.82) is 0 Å². The highest BCUT2D eigenvalue weighted by Gasteiger charge is 2.41. The second-order valence-electron chi connectivity index (χ2n) is 8.04. The van der Waals surface area contributed by atoms with Crippen LogP contribution in [-0.4, -0.2) is 46.2 Å². The van der Waals surface area contributed by atoms with E-state index in [9.17, 15) is 4.79 Å². The minimum absolute atomic E-state index is 0.0408. The number of benzene rings is 2. The number of ether oxygens (including phenoxy) is 3. The van der Waals surface area contributed by atoms with E-state index in [4.69, 9.17) is 25.8 Å². The Kier molecular flexibility index (Phi) is 8.68. The zero-order chi connectivity index (χ0) is 23.7. The Bertz CT molecular complexity index is 981. The fourth-order valence-corrected chi connectivity index (χ4v) is 3.30. The lowest BCUT2D eigenvalue weighted by Crippen LogP contribution is -2.46. The molecule has 2 aromatic carbocycles. The minimum atomic E-state index is -0.804. The maximum atomic E-state index is 12.5. The van der Waals surface area contributed by atoms with Crippen molar-refractivity contribution in [2.75, 3.05) is 19.2 Å². The van der Waals surface area contributed by atoms with Crippen molar-refractivity contribution in [1.82, 2.24) is 20.1 Å². The third kappa shape index (κ3) is 6.69. The van der Waals surface area contributed by atoms with Crippen molar-refractivity contribution in [3.8, 4) is 16.9 Å². The predicted octanol–water partition coefficient (Wildman–Crippen LogP) is 4.88. The van der Waals surface area contributed by atoms with Crippen molar-refractivity contribution in [3.63, 3.8) is 0 Å². The van der Waals surface area contributed by atoms with Crippen LogP contribution in [0.25, 0.3) is 11.1 Å². The molecule has 0 saturated carbocycles. The molecule has 2 unspecified atom stereocenters. The molecule has 0 aliphatic heterocycles. The Balaban J connectivity index is 1.85. The van der Waals surface area contributed by atoms with Gasteiger partial charge in [-0.3, -0.25) is 5.32 Å². The molecule has 0 aliphatic carbocycles. The summed E-state index contributed by atoms with van der Waals surface area (Å²) in [7, 11) is 0. The Morgan fingerprint density at radius 1 is 1.12 bits per heavy atom. The van der Waals surface area contributed by atoms with E-state index < -0.39 is 23.8 Å². The van der Waals surface area contributed by atoms with Gasteiger partial charge in [0.1, 0.15) is 25.1 Å². The Labute approximate surface area is 198 Å². The average Bonchev–Trinajstić information content (AvgIpc) is 3.37. The Hall–Kier alpha value is -3.10. The lowest BCUT2D eigenvalue weighted by molar-refractivity contribution is -0.0798. The van der Waals surface area contributed by atoms with Gasteiger partial charge in [-0.05, 0) is 30.2 Å². The van der Waals surface area contributed by atoms with Gasteiger partial charge >= 0.3 is 6.09 Å². The molecule has 176 valence electrons. The lowest BCUT2D eigenvalue weighted by Gasteiger charge is -2.37. The maximum Gasteiger partial charge on any atom is 0.409 e. The summed E-state index contributed by atoms with van der Waals surface area (Å²) < 4.78 is 18.8. The molecule has 8 nitrogen and oxygen atoms in total. The molecule has 1 heterocycles. The molecule has 0 aliphatic rings. The number of alkyl carbamates (subject to hydrolysis) is 1. The van der Waals surface area contributed by atoms with E-state index in [1.54, 1.807) is 0 Å². The van der Waals surface area contributed by atoms with Crippen molar-refractivity contribution < 1.29 is 19.0 Å². The standard InChI is InChI=1S/C24H29ClN4O4/c1-4-31-17-27-23(30)33-21(24(2,3)14-25)22(29-16-26-15-28-29)32-20-12-10-19(11-13-20)18-8-6-5-7-9-18/h5-13,15-16,21-22H,4,14,17H2,1-3H3,(H,27,30). The topological polar surface area (TPSA) is 87.5 Å². The number of hydrogen-bond donors (Lipinski definition) is 1. The fourth-order valence-electron chi connectivity index (χ4n) is 3.15. The first kappa shape index (κ1) is 24.5. The van der Waals surface area contributed by atoms with E-state index in [-0.39, 0.29) is 12.6 Å². The van der Waals surface area contributed by atoms with Crippen LogP contribution < -0.4 is 10.1 Å². The maximum absolute atomic E-state index is 12.5. The van der Waals surface area contributed by atoms with Crippen molar-refractivity contribution in [2.24, 2.45) is 5.41 Å². The number of carbonyl (C=O) groups excluding carboxylic acids is 1. The molecule has 0 radical (unpaired) electrons. The van der Waals surface area contributed by atoms with Crippen LogP contribution in [0.5, 0.6) is 5.75 Å². The molecule has 3 rings (SSSR count). The number of hydrogen-bond acceptors (Lipinski definition) is 6. The SMILES string of the molecule is CCOCNC(=O)OC(C(Oc1ccc(-c2ccccc2)cc1)n1cncn1)C(C)(C)CCl. The van der Waals surface area contributed by atoms with E-state index in [1.165, 1.54) is 17.3 Å². The van der Waals surface area contributed by atoms with Gasteiger partial charge in [0, 0.05) is 17.9 Å². The molecule has 1 amide bonds. The van der Waals surface area contributed by atoms with Crippen LogP contribution in [0.4, 0.5) is 4.79 Å². The van der Waals surface area contributed by atoms with Crippen LogP contribution in [0.1, 0.15) is 27.0 Å². The number of nitrogens with zero attached hydrogens (tertiary/aromatic N) is 3. The Morgan fingerprint density at radius 3 is 2.42 bits per heavy atom. The number of carbonyl (C=O) groups is 1. The summed E-state index contributed by atoms with van der Waals surface area (Å²) in [5.41, 5.74) is 1.52. The average molecular weight is 473 g/mol. The molecule has 0 saturated heterocycles. The molecule has 0 fully saturated rings. The second kappa shape index (κ2) is 11.7. The second-order valence-corrected chi connectivity index (χ2v) is 8.30. The third-order valence-electron chi connectivity index (χ3n) is 5.05. The van der Waals surface area contributed by atoms with E-state index in [0.717, 1.165) is 11.1 Å². The van der Waals surface area contributed by atoms with Crippen molar-refractivity contribution in [3.05, 3.63) is 67.3 Å². The van der Waals surface area contributed by atoms with Gasteiger partial charge < -0.3 is 14.2 Å². The first-order valence-electron chi connectivity index (χ1n) is 10.7. The van der Waals surface area contributed by atoms with Crippen LogP contribution in [0, 0.1) is 5.41 Å². The molecule has 1 N–H and O–H groups in total. The van der Waals surface area contributed by atoms with Gasteiger partial charge in [-0.1, -0.05) is 56.3 Å². The summed E-state index contributed by atoms with van der Waals surface area (Å²) in [5, 5.41) is 6.80. The summed E-state index contributed by atoms with van der Waals surface area (Å²) >= 11 is 6.26. The van der Waals surface area contributed by atoms with Gasteiger partial charge in [-0.2, -0.15) is 5.10 Å². The highest BCUT2D eigenvalue weighted by Crippen LogP contribution is 2.35. The molecule has 0 bridgehead atoms. The van der Waals surface area contributed by atoms with Crippen molar-refractivity contribution in [2.45, 2.75) is 33.1 Å². The highest BCUT2D eigenvalue weighted by molar-refractivity contribution is 6.18. The lowest BCUT2D eigenvalue weighted by atomic mass is 9.87. The highest BCUT2D eigenvalue weighted by atomic mass is 35.5. The van der Waals surface area contributed by atoms with Crippen LogP contribution in [0.3, 0.4) is 0 Å². The number of aromatic nitrogens is 3. The number of rotatable bonds is 11. The van der Waals surface area contributed by atoms with E-state index in [0.29, 0.717) is 12.4 Å². The molecule has 0 spiro atoms. The minimum Gasteiger partial charge on any atom is -0.465 e. The largest absolute Gasteiger partial charge is 0.465 e. The van der Waals surface area contributed by atoms with Crippen LogP contribution in [0.2, 0.25) is 0 Å². The molecular weight excluding hydrogens is 444 g/mol. The Morgan fingerprint density at radius 2 is 1.82 bits per heavy atom. The van der Waals surface area contributed by atoms with Gasteiger partial charge in [0.15, 0.2) is 6.10 Å². The van der Waals surface area contributed by atoms with Gasteiger partial charge in [0.05, 0.1) is 0 Å². The zero-order valence-corrected chi connectivity index (χ0v) is 19.7. The number of amides is 1. The van der Waals surface area contributed by atoms with Gasteiger partial charge in [-0.15, -0.1) is 11.6 Å². The summed E-state index contributed by atoms with van der Waals surface area (Å²) in [4.78, 5) is 16.5. The molecular formula is C24H29ClN4O4. The van der Waals surface area contributed by atoms with E-state index in [1.807, 2.05) is 75.4 Å². The first-order valence-corrected chi connectivity index (χ1v) is 11.2. The number of nitrogens with one attached hydrogen (secondary N) is 1. The molecule has 1 aromatic heterocycles. The van der Waals surface area contributed by atoms with Gasteiger partial charge in [0.25, 0.3) is 0 Å². The van der Waals surface area contributed by atoms with Gasteiger partial charge in [-0.25, -0.2) is 14.5 Å². The summed E-state index contributed by atoms with van der Waals surface area (Å²) in [6.45, 7) is 6.14. The summed E-state index contributed by atoms with van der Waals surface area (Å²) in [6.07, 6.45) is 0.685. The molecule has 9 heteroatoms. The molecule has 33 heavy (non-hydrogen) atoms. The number of halogens is 1. The molecule has 2 atom stereocenters.